The molecule has 0 N–H and O–H groups in total. The third-order valence-electron chi connectivity index (χ3n) is 4.67. The van der Waals surface area contributed by atoms with Crippen molar-refractivity contribution in [2.75, 3.05) is 12.4 Å². The van der Waals surface area contributed by atoms with Crippen LogP contribution in [0, 0.1) is 0 Å². The van der Waals surface area contributed by atoms with Crippen molar-refractivity contribution in [1.82, 2.24) is 0 Å². The van der Waals surface area contributed by atoms with Crippen molar-refractivity contribution in [3.05, 3.63) is 0 Å². The van der Waals surface area contributed by atoms with Gasteiger partial charge in [0.2, 0.25) is 0 Å². The summed E-state index contributed by atoms with van der Waals surface area (Å²) in [7, 11) is -1.81. The van der Waals surface area contributed by atoms with E-state index in [0.29, 0.717) is 12.4 Å². The third-order valence-corrected chi connectivity index (χ3v) is 10.9. The van der Waals surface area contributed by atoms with Crippen molar-refractivity contribution >= 4 is 19.5 Å². The Labute approximate surface area is 126 Å². The molecular formula is C14H28O4SSi. The summed E-state index contributed by atoms with van der Waals surface area (Å²) in [5.74, 6) is 0.00873. The van der Waals surface area contributed by atoms with E-state index in [4.69, 9.17) is 13.9 Å². The smallest absolute Gasteiger partial charge is 0.192 e. The van der Waals surface area contributed by atoms with Crippen LogP contribution in [-0.4, -0.2) is 48.5 Å². The number of fused-ring (bicyclic) bond motifs is 1. The summed E-state index contributed by atoms with van der Waals surface area (Å²) in [5.41, 5.74) is 0. The Balaban J connectivity index is 1.99. The molecule has 20 heavy (non-hydrogen) atoms. The van der Waals surface area contributed by atoms with Crippen LogP contribution < -0.4 is 0 Å². The van der Waals surface area contributed by atoms with Gasteiger partial charge in [-0.3, -0.25) is 0 Å². The Hall–Kier alpha value is 0.407. The zero-order chi connectivity index (χ0) is 15.3. The fraction of sp³-hybridized carbons (Fsp3) is 1.00. The van der Waals surface area contributed by atoms with Crippen LogP contribution in [-0.2, 0) is 25.1 Å². The maximum atomic E-state index is 12.3. The van der Waals surface area contributed by atoms with E-state index >= 15 is 0 Å². The van der Waals surface area contributed by atoms with Gasteiger partial charge in [0.25, 0.3) is 0 Å². The van der Waals surface area contributed by atoms with Gasteiger partial charge in [0, 0.05) is 0 Å². The Kier molecular flexibility index (Phi) is 4.40. The average molecular weight is 321 g/mol. The molecule has 0 amide bonds. The quantitative estimate of drug-likeness (QED) is 0.592. The molecule has 0 aromatic rings. The van der Waals surface area contributed by atoms with Gasteiger partial charge >= 0.3 is 0 Å². The topological polar surface area (TPSA) is 50.8 Å². The molecule has 2 heterocycles. The van der Waals surface area contributed by atoms with Gasteiger partial charge in [-0.05, 0) is 43.2 Å². The molecule has 2 rings (SSSR count). The highest BCUT2D eigenvalue weighted by atomic mass is 32.2. The van der Waals surface area contributed by atoms with Crippen molar-refractivity contribution in [2.24, 2.45) is 0 Å². The molecule has 4 nitrogen and oxygen atoms in total. The summed E-state index contributed by atoms with van der Waals surface area (Å²) in [6.45, 7) is 15.4. The predicted octanol–water partition coefficient (Wildman–Crippen LogP) is 2.66. The van der Waals surface area contributed by atoms with Crippen molar-refractivity contribution in [2.45, 2.75) is 76.0 Å². The molecule has 6 heteroatoms. The summed E-state index contributed by atoms with van der Waals surface area (Å²) in [6, 6.07) is 0. The highest BCUT2D eigenvalue weighted by Crippen LogP contribution is 2.40. The van der Waals surface area contributed by atoms with E-state index in [1.807, 2.05) is 13.8 Å². The maximum absolute atomic E-state index is 12.3. The van der Waals surface area contributed by atoms with E-state index in [1.165, 1.54) is 0 Å². The second-order valence-electron chi connectivity index (χ2n) is 7.80. The summed E-state index contributed by atoms with van der Waals surface area (Å²) in [5, 5.41) is 0.106. The first kappa shape index (κ1) is 16.8. The number of hydrogen-bond donors (Lipinski definition) is 0. The fourth-order valence-electron chi connectivity index (χ4n) is 2.42. The first-order valence-electron chi connectivity index (χ1n) is 7.30. The van der Waals surface area contributed by atoms with Crippen LogP contribution in [0.4, 0.5) is 0 Å². The summed E-state index contributed by atoms with van der Waals surface area (Å²) < 4.78 is 30.2. The van der Waals surface area contributed by atoms with Crippen molar-refractivity contribution in [1.29, 1.82) is 0 Å². The maximum Gasteiger partial charge on any atom is 0.192 e. The molecule has 2 aliphatic heterocycles. The predicted molar refractivity (Wildman–Crippen MR) is 83.8 cm³/mol. The van der Waals surface area contributed by atoms with Crippen LogP contribution in [0.25, 0.3) is 0 Å². The van der Waals surface area contributed by atoms with Gasteiger partial charge in [0.05, 0.1) is 6.61 Å². The van der Waals surface area contributed by atoms with Crippen molar-refractivity contribution in [3.8, 4) is 0 Å². The lowest BCUT2D eigenvalue weighted by Gasteiger charge is -2.37. The van der Waals surface area contributed by atoms with Crippen LogP contribution in [0.3, 0.4) is 0 Å². The van der Waals surface area contributed by atoms with E-state index in [0.717, 1.165) is 0 Å². The fourth-order valence-corrected chi connectivity index (χ4v) is 5.15. The Morgan fingerprint density at radius 3 is 2.45 bits per heavy atom. The lowest BCUT2D eigenvalue weighted by atomic mass is 10.2. The molecule has 0 aliphatic carbocycles. The number of hydrogen-bond acceptors (Lipinski definition) is 4. The van der Waals surface area contributed by atoms with Gasteiger partial charge in [-0.15, -0.1) is 0 Å². The third kappa shape index (κ3) is 3.25. The van der Waals surface area contributed by atoms with Crippen LogP contribution in [0.2, 0.25) is 18.1 Å². The average Bonchev–Trinajstić information content (AvgIpc) is 2.64. The second-order valence-corrected chi connectivity index (χ2v) is 14.3. The SMILES string of the molecule is CC1(C)O[C@H]2[C@H](C[S+]([O-])[C@@H]2CO[Si](C)(C)C(C)(C)C)O1. The van der Waals surface area contributed by atoms with Gasteiger partial charge in [-0.25, -0.2) is 0 Å². The van der Waals surface area contributed by atoms with Gasteiger partial charge in [0.1, 0.15) is 18.0 Å². The molecule has 118 valence electrons. The minimum atomic E-state index is -1.81. The van der Waals surface area contributed by atoms with E-state index in [-0.39, 0.29) is 22.5 Å². The minimum absolute atomic E-state index is 0.0427. The Morgan fingerprint density at radius 2 is 1.90 bits per heavy atom. The molecular weight excluding hydrogens is 292 g/mol. The molecule has 2 aliphatic rings. The van der Waals surface area contributed by atoms with E-state index in [2.05, 4.69) is 33.9 Å². The zero-order valence-electron chi connectivity index (χ0n) is 13.7. The molecule has 4 atom stereocenters. The van der Waals surface area contributed by atoms with Gasteiger partial charge in [-0.2, -0.15) is 0 Å². The normalized spacial score (nSPS) is 37.2. The summed E-state index contributed by atoms with van der Waals surface area (Å²) in [6.07, 6.45) is -0.130. The number of rotatable bonds is 3. The Bertz CT molecular complexity index is 367. The minimum Gasteiger partial charge on any atom is -0.616 e. The van der Waals surface area contributed by atoms with E-state index in [1.54, 1.807) is 0 Å². The van der Waals surface area contributed by atoms with Gasteiger partial charge in [-0.1, -0.05) is 20.8 Å². The van der Waals surface area contributed by atoms with Crippen LogP contribution in [0.15, 0.2) is 0 Å². The number of ether oxygens (including phenoxy) is 2. The van der Waals surface area contributed by atoms with Gasteiger partial charge in [0.15, 0.2) is 19.4 Å². The summed E-state index contributed by atoms with van der Waals surface area (Å²) in [4.78, 5) is 0. The van der Waals surface area contributed by atoms with Crippen molar-refractivity contribution in [3.63, 3.8) is 0 Å². The zero-order valence-corrected chi connectivity index (χ0v) is 15.5. The van der Waals surface area contributed by atoms with E-state index < -0.39 is 25.3 Å². The van der Waals surface area contributed by atoms with Crippen molar-refractivity contribution < 1.29 is 18.5 Å². The second kappa shape index (κ2) is 5.24. The van der Waals surface area contributed by atoms with Crippen LogP contribution in [0.5, 0.6) is 0 Å². The molecule has 0 aromatic heterocycles. The molecule has 1 unspecified atom stereocenters. The largest absolute Gasteiger partial charge is 0.616 e. The highest BCUT2D eigenvalue weighted by Gasteiger charge is 2.57. The monoisotopic (exact) mass is 320 g/mol. The highest BCUT2D eigenvalue weighted by molar-refractivity contribution is 7.92. The summed E-state index contributed by atoms with van der Waals surface area (Å²) >= 11 is -0.917. The molecule has 0 saturated carbocycles. The molecule has 0 spiro atoms. The molecule has 0 bridgehead atoms. The Morgan fingerprint density at radius 1 is 1.30 bits per heavy atom. The van der Waals surface area contributed by atoms with Crippen LogP contribution in [0.1, 0.15) is 34.6 Å². The molecule has 0 radical (unpaired) electrons. The molecule has 0 aromatic carbocycles. The first-order valence-corrected chi connectivity index (χ1v) is 11.6. The molecule has 2 fully saturated rings. The van der Waals surface area contributed by atoms with Crippen LogP contribution >= 0.6 is 0 Å². The van der Waals surface area contributed by atoms with E-state index in [9.17, 15) is 4.55 Å². The first-order chi connectivity index (χ1) is 8.93. The standard InChI is InChI=1S/C14H28O4SSi/c1-13(2,3)20(6,7)16-8-11-12-10(9-19(11)15)17-14(4,5)18-12/h10-12H,8-9H2,1-7H3/t10-,11+,12-,19?/m0/s1. The molecule has 2 saturated heterocycles. The lowest BCUT2D eigenvalue weighted by molar-refractivity contribution is -0.146. The lowest BCUT2D eigenvalue weighted by Crippen LogP contribution is -2.45. The van der Waals surface area contributed by atoms with Gasteiger partial charge < -0.3 is 18.5 Å².